The second kappa shape index (κ2) is 8.70. The van der Waals surface area contributed by atoms with E-state index in [1.54, 1.807) is 24.3 Å². The van der Waals surface area contributed by atoms with Gasteiger partial charge in [0.15, 0.2) is 0 Å². The smallest absolute Gasteiger partial charge is 0.312 e. The maximum atomic E-state index is 12.1. The Bertz CT molecular complexity index is 705. The van der Waals surface area contributed by atoms with Gasteiger partial charge in [-0.25, -0.2) is 4.79 Å². The molecule has 0 spiro atoms. The van der Waals surface area contributed by atoms with Crippen LogP contribution in [0.4, 0.5) is 4.79 Å². The summed E-state index contributed by atoms with van der Waals surface area (Å²) in [6, 6.07) is 13.0. The first-order valence-electron chi connectivity index (χ1n) is 7.15. The molecule has 0 aliphatic heterocycles. The molecule has 1 atom stereocenters. The zero-order valence-corrected chi connectivity index (χ0v) is 15.0. The molecule has 2 rings (SSSR count). The molecule has 1 unspecified atom stereocenters. The first kappa shape index (κ1) is 18.3. The molecule has 0 saturated heterocycles. The van der Waals surface area contributed by atoms with E-state index in [1.165, 1.54) is 0 Å². The molecule has 0 aliphatic rings. The number of nitrogens with one attached hydrogen (secondary N) is 1. The predicted molar refractivity (Wildman–Crippen MR) is 95.5 cm³/mol. The van der Waals surface area contributed by atoms with Crippen LogP contribution in [0.1, 0.15) is 23.6 Å². The normalized spacial score (nSPS) is 11.6. The van der Waals surface area contributed by atoms with E-state index in [-0.39, 0.29) is 13.0 Å². The van der Waals surface area contributed by atoms with Crippen molar-refractivity contribution < 1.29 is 14.3 Å². The molecule has 2 amide bonds. The van der Waals surface area contributed by atoms with Crippen LogP contribution in [0.25, 0.3) is 0 Å². The van der Waals surface area contributed by atoms with Crippen LogP contribution < -0.4 is 11.1 Å². The number of halogens is 2. The standard InChI is InChI=1S/C17H16BrClN2O3/c18-13-5-1-11(2-6-13)10-24-16(22)9-15(21-17(20)23)12-3-7-14(19)8-4-12/h1-8,15H,9-10H2,(H3,20,21,23). The van der Waals surface area contributed by atoms with Gasteiger partial charge in [0, 0.05) is 9.50 Å². The van der Waals surface area contributed by atoms with Crippen LogP contribution in [0.5, 0.6) is 0 Å². The fraction of sp³-hybridized carbons (Fsp3) is 0.176. The average molecular weight is 412 g/mol. The number of benzene rings is 2. The van der Waals surface area contributed by atoms with E-state index in [0.29, 0.717) is 5.02 Å². The Hall–Kier alpha value is -2.05. The number of urea groups is 1. The van der Waals surface area contributed by atoms with Crippen molar-refractivity contribution in [2.45, 2.75) is 19.1 Å². The highest BCUT2D eigenvalue weighted by Gasteiger charge is 2.18. The summed E-state index contributed by atoms with van der Waals surface area (Å²) in [5.41, 5.74) is 6.78. The van der Waals surface area contributed by atoms with Gasteiger partial charge in [-0.3, -0.25) is 4.79 Å². The number of amides is 2. The minimum Gasteiger partial charge on any atom is -0.461 e. The van der Waals surface area contributed by atoms with E-state index in [2.05, 4.69) is 21.2 Å². The summed E-state index contributed by atoms with van der Waals surface area (Å²) < 4.78 is 6.20. The fourth-order valence-electron chi connectivity index (χ4n) is 2.09. The van der Waals surface area contributed by atoms with Crippen LogP contribution in [0.15, 0.2) is 53.0 Å². The molecule has 0 saturated carbocycles. The van der Waals surface area contributed by atoms with Crippen molar-refractivity contribution in [2.75, 3.05) is 0 Å². The Balaban J connectivity index is 1.97. The van der Waals surface area contributed by atoms with Gasteiger partial charge in [-0.2, -0.15) is 0 Å². The van der Waals surface area contributed by atoms with Crippen molar-refractivity contribution in [2.24, 2.45) is 5.73 Å². The molecule has 2 aromatic rings. The average Bonchev–Trinajstić information content (AvgIpc) is 2.54. The topological polar surface area (TPSA) is 81.4 Å². The lowest BCUT2D eigenvalue weighted by Crippen LogP contribution is -2.34. The van der Waals surface area contributed by atoms with Gasteiger partial charge >= 0.3 is 12.0 Å². The Labute approximate surface area is 153 Å². The fourth-order valence-corrected chi connectivity index (χ4v) is 2.48. The van der Waals surface area contributed by atoms with Gasteiger partial charge < -0.3 is 15.8 Å². The van der Waals surface area contributed by atoms with E-state index in [9.17, 15) is 9.59 Å². The first-order valence-corrected chi connectivity index (χ1v) is 8.32. The van der Waals surface area contributed by atoms with Crippen LogP contribution in [-0.4, -0.2) is 12.0 Å². The molecule has 24 heavy (non-hydrogen) atoms. The maximum Gasteiger partial charge on any atom is 0.312 e. The lowest BCUT2D eigenvalue weighted by molar-refractivity contribution is -0.145. The number of ether oxygens (including phenoxy) is 1. The molecular weight excluding hydrogens is 396 g/mol. The maximum absolute atomic E-state index is 12.1. The van der Waals surface area contributed by atoms with Gasteiger partial charge in [0.25, 0.3) is 0 Å². The van der Waals surface area contributed by atoms with E-state index >= 15 is 0 Å². The van der Waals surface area contributed by atoms with Crippen molar-refractivity contribution in [3.05, 3.63) is 69.2 Å². The third kappa shape index (κ3) is 5.86. The number of carbonyl (C=O) groups is 2. The molecule has 0 aromatic heterocycles. The Morgan fingerprint density at radius 3 is 2.33 bits per heavy atom. The summed E-state index contributed by atoms with van der Waals surface area (Å²) in [6.45, 7) is 0.163. The molecule has 5 nitrogen and oxygen atoms in total. The summed E-state index contributed by atoms with van der Waals surface area (Å²) in [5.74, 6) is -0.438. The Morgan fingerprint density at radius 2 is 1.75 bits per heavy atom. The van der Waals surface area contributed by atoms with Gasteiger partial charge in [-0.15, -0.1) is 0 Å². The number of primary amides is 1. The van der Waals surface area contributed by atoms with Crippen molar-refractivity contribution >= 4 is 39.5 Å². The highest BCUT2D eigenvalue weighted by molar-refractivity contribution is 9.10. The second-order valence-electron chi connectivity index (χ2n) is 5.10. The lowest BCUT2D eigenvalue weighted by Gasteiger charge is -2.17. The van der Waals surface area contributed by atoms with Crippen LogP contribution in [-0.2, 0) is 16.1 Å². The van der Waals surface area contributed by atoms with Gasteiger partial charge in [0.05, 0.1) is 12.5 Å². The highest BCUT2D eigenvalue weighted by Crippen LogP contribution is 2.20. The Morgan fingerprint density at radius 1 is 1.12 bits per heavy atom. The lowest BCUT2D eigenvalue weighted by atomic mass is 10.0. The summed E-state index contributed by atoms with van der Waals surface area (Å²) in [5, 5.41) is 3.11. The number of carbonyl (C=O) groups excluding carboxylic acids is 2. The minimum atomic E-state index is -0.712. The summed E-state index contributed by atoms with van der Waals surface area (Å²) in [7, 11) is 0. The van der Waals surface area contributed by atoms with Crippen LogP contribution in [0, 0.1) is 0 Å². The minimum absolute atomic E-state index is 0.0267. The second-order valence-corrected chi connectivity index (χ2v) is 6.46. The SMILES string of the molecule is NC(=O)NC(CC(=O)OCc1ccc(Br)cc1)c1ccc(Cl)cc1. The first-order chi connectivity index (χ1) is 11.4. The van der Waals surface area contributed by atoms with Crippen LogP contribution >= 0.6 is 27.5 Å². The molecule has 7 heteroatoms. The molecule has 0 heterocycles. The third-order valence-electron chi connectivity index (χ3n) is 3.27. The van der Waals surface area contributed by atoms with Crippen LogP contribution in [0.2, 0.25) is 5.02 Å². The molecule has 0 radical (unpaired) electrons. The van der Waals surface area contributed by atoms with Crippen LogP contribution in [0.3, 0.4) is 0 Å². The van der Waals surface area contributed by atoms with Crippen molar-refractivity contribution in [1.29, 1.82) is 0 Å². The van der Waals surface area contributed by atoms with Gasteiger partial charge in [0.2, 0.25) is 0 Å². The quantitative estimate of drug-likeness (QED) is 0.706. The van der Waals surface area contributed by atoms with E-state index < -0.39 is 18.0 Å². The van der Waals surface area contributed by atoms with Gasteiger partial charge in [0.1, 0.15) is 6.61 Å². The third-order valence-corrected chi connectivity index (χ3v) is 4.05. The van der Waals surface area contributed by atoms with Gasteiger partial charge in [-0.05, 0) is 35.4 Å². The Kier molecular flexibility index (Phi) is 6.63. The number of hydrogen-bond acceptors (Lipinski definition) is 3. The molecular formula is C17H16BrClN2O3. The largest absolute Gasteiger partial charge is 0.461 e. The number of nitrogens with two attached hydrogens (primary N) is 1. The number of rotatable bonds is 6. The molecule has 0 aliphatic carbocycles. The van der Waals surface area contributed by atoms with E-state index in [0.717, 1.165) is 15.6 Å². The van der Waals surface area contributed by atoms with E-state index in [1.807, 2.05) is 24.3 Å². The number of esters is 1. The molecule has 126 valence electrons. The summed E-state index contributed by atoms with van der Waals surface area (Å²) in [4.78, 5) is 23.2. The van der Waals surface area contributed by atoms with Gasteiger partial charge in [-0.1, -0.05) is 51.8 Å². The molecule has 3 N–H and O–H groups in total. The molecule has 0 bridgehead atoms. The van der Waals surface area contributed by atoms with Crippen molar-refractivity contribution in [1.82, 2.24) is 5.32 Å². The monoisotopic (exact) mass is 410 g/mol. The zero-order chi connectivity index (χ0) is 17.5. The number of hydrogen-bond donors (Lipinski definition) is 2. The summed E-state index contributed by atoms with van der Waals surface area (Å²) in [6.07, 6.45) is -0.0267. The predicted octanol–water partition coefficient (Wildman–Crippen LogP) is 3.95. The molecule has 0 fully saturated rings. The summed E-state index contributed by atoms with van der Waals surface area (Å²) >= 11 is 9.19. The van der Waals surface area contributed by atoms with Crippen molar-refractivity contribution in [3.63, 3.8) is 0 Å². The zero-order valence-electron chi connectivity index (χ0n) is 12.7. The molecule has 2 aromatic carbocycles. The highest BCUT2D eigenvalue weighted by atomic mass is 79.9. The van der Waals surface area contributed by atoms with Crippen molar-refractivity contribution in [3.8, 4) is 0 Å². The van der Waals surface area contributed by atoms with E-state index in [4.69, 9.17) is 22.1 Å².